The van der Waals surface area contributed by atoms with Crippen molar-refractivity contribution in [1.82, 2.24) is 4.90 Å². The Morgan fingerprint density at radius 2 is 1.66 bits per heavy atom. The van der Waals surface area contributed by atoms with Crippen LogP contribution in [0.25, 0.3) is 0 Å². The van der Waals surface area contributed by atoms with Crippen LogP contribution in [0.2, 0.25) is 0 Å². The number of ether oxygens (including phenoxy) is 1. The van der Waals surface area contributed by atoms with Crippen LogP contribution in [0.15, 0.2) is 36.4 Å². The third-order valence-corrected chi connectivity index (χ3v) is 5.47. The molecule has 0 bridgehead atoms. The summed E-state index contributed by atoms with van der Waals surface area (Å²) in [6, 6.07) is 6.36. The minimum atomic E-state index is -1.06. The van der Waals surface area contributed by atoms with Gasteiger partial charge in [-0.1, -0.05) is 44.2 Å². The number of likely N-dealkylation sites (tertiary alicyclic amines) is 1. The Balaban J connectivity index is 1.57. The van der Waals surface area contributed by atoms with E-state index >= 15 is 0 Å². The van der Waals surface area contributed by atoms with Crippen molar-refractivity contribution in [2.24, 2.45) is 11.8 Å². The number of carbonyl (C=O) groups excluding carboxylic acids is 4. The molecule has 1 aliphatic carbocycles. The summed E-state index contributed by atoms with van der Waals surface area (Å²) in [5.41, 5.74) is 1.64. The number of imide groups is 1. The summed E-state index contributed by atoms with van der Waals surface area (Å²) >= 11 is 0. The predicted molar refractivity (Wildman–Crippen MR) is 107 cm³/mol. The first kappa shape index (κ1) is 20.8. The second kappa shape index (κ2) is 8.59. The number of para-hydroxylation sites is 1. The third kappa shape index (κ3) is 4.23. The van der Waals surface area contributed by atoms with Crippen molar-refractivity contribution in [2.75, 3.05) is 11.9 Å². The Labute approximate surface area is 170 Å². The predicted octanol–water partition coefficient (Wildman–Crippen LogP) is 2.63. The van der Waals surface area contributed by atoms with Crippen LogP contribution in [0.1, 0.15) is 45.1 Å². The molecular weight excluding hydrogens is 372 g/mol. The van der Waals surface area contributed by atoms with Crippen LogP contribution < -0.4 is 5.32 Å². The molecule has 1 aliphatic heterocycles. The molecule has 0 aromatic heterocycles. The molecule has 0 spiro atoms. The lowest BCUT2D eigenvalue weighted by molar-refractivity contribution is -0.159. The molecule has 0 unspecified atom stereocenters. The maximum atomic E-state index is 12.6. The van der Waals surface area contributed by atoms with Crippen molar-refractivity contribution < 1.29 is 23.9 Å². The zero-order chi connectivity index (χ0) is 21.1. The molecule has 154 valence electrons. The Bertz CT molecular complexity index is 835. The quantitative estimate of drug-likeness (QED) is 0.452. The maximum absolute atomic E-state index is 12.6. The van der Waals surface area contributed by atoms with E-state index in [9.17, 15) is 19.2 Å². The van der Waals surface area contributed by atoms with Gasteiger partial charge in [-0.25, -0.2) is 4.79 Å². The highest BCUT2D eigenvalue weighted by atomic mass is 16.5. The molecule has 2 aliphatic rings. The second-order valence-electron chi connectivity index (χ2n) is 7.78. The molecule has 7 nitrogen and oxygen atoms in total. The van der Waals surface area contributed by atoms with Crippen LogP contribution in [-0.2, 0) is 23.9 Å². The van der Waals surface area contributed by atoms with Crippen LogP contribution >= 0.6 is 0 Å². The SMILES string of the molecule is CC(C)c1ccccc1NC(=O)COC(=O)[C@H](C)N1C(=O)[C@H]2CC=CC[C@@H]2C1=O. The van der Waals surface area contributed by atoms with Gasteiger partial charge in [-0.05, 0) is 37.3 Å². The number of nitrogens with one attached hydrogen (secondary N) is 1. The summed E-state index contributed by atoms with van der Waals surface area (Å²) in [7, 11) is 0. The number of fused-ring (bicyclic) bond motifs is 1. The molecule has 1 aromatic rings. The van der Waals surface area contributed by atoms with E-state index in [-0.39, 0.29) is 17.7 Å². The molecular formula is C22H26N2O5. The van der Waals surface area contributed by atoms with Gasteiger partial charge >= 0.3 is 5.97 Å². The summed E-state index contributed by atoms with van der Waals surface area (Å²) < 4.78 is 5.09. The van der Waals surface area contributed by atoms with E-state index in [1.807, 2.05) is 44.2 Å². The normalized spacial score (nSPS) is 21.9. The maximum Gasteiger partial charge on any atom is 0.329 e. The average molecular weight is 398 g/mol. The highest BCUT2D eigenvalue weighted by molar-refractivity contribution is 6.08. The van der Waals surface area contributed by atoms with Gasteiger partial charge in [0.25, 0.3) is 5.91 Å². The number of hydrogen-bond donors (Lipinski definition) is 1. The molecule has 0 radical (unpaired) electrons. The fourth-order valence-corrected chi connectivity index (χ4v) is 3.87. The van der Waals surface area contributed by atoms with Crippen LogP contribution in [0.4, 0.5) is 5.69 Å². The van der Waals surface area contributed by atoms with E-state index in [1.54, 1.807) is 6.07 Å². The van der Waals surface area contributed by atoms with Gasteiger partial charge in [0.1, 0.15) is 6.04 Å². The van der Waals surface area contributed by atoms with Gasteiger partial charge in [0.05, 0.1) is 11.8 Å². The summed E-state index contributed by atoms with van der Waals surface area (Å²) in [6.45, 7) is 5.00. The van der Waals surface area contributed by atoms with E-state index in [1.165, 1.54) is 6.92 Å². The summed E-state index contributed by atoms with van der Waals surface area (Å²) in [5.74, 6) is -2.52. The molecule has 1 fully saturated rings. The molecule has 0 saturated carbocycles. The van der Waals surface area contributed by atoms with Crippen LogP contribution in [0.5, 0.6) is 0 Å². The molecule has 3 atom stereocenters. The third-order valence-electron chi connectivity index (χ3n) is 5.47. The Hall–Kier alpha value is -2.96. The van der Waals surface area contributed by atoms with Crippen molar-refractivity contribution in [3.8, 4) is 0 Å². The van der Waals surface area contributed by atoms with E-state index in [0.717, 1.165) is 10.5 Å². The first-order valence-electron chi connectivity index (χ1n) is 9.88. The first-order chi connectivity index (χ1) is 13.8. The largest absolute Gasteiger partial charge is 0.454 e. The van der Waals surface area contributed by atoms with Gasteiger partial charge in [-0.3, -0.25) is 19.3 Å². The minimum absolute atomic E-state index is 0.222. The zero-order valence-corrected chi connectivity index (χ0v) is 16.9. The number of benzene rings is 1. The lowest BCUT2D eigenvalue weighted by Gasteiger charge is -2.21. The average Bonchev–Trinajstić information content (AvgIpc) is 2.96. The van der Waals surface area contributed by atoms with Crippen molar-refractivity contribution in [2.45, 2.75) is 45.6 Å². The molecule has 1 heterocycles. The van der Waals surface area contributed by atoms with Crippen molar-refractivity contribution in [3.63, 3.8) is 0 Å². The fourth-order valence-electron chi connectivity index (χ4n) is 3.87. The van der Waals surface area contributed by atoms with Gasteiger partial charge in [0.15, 0.2) is 6.61 Å². The summed E-state index contributed by atoms with van der Waals surface area (Å²) in [6.07, 6.45) is 4.78. The van der Waals surface area contributed by atoms with Gasteiger partial charge in [-0.2, -0.15) is 0 Å². The second-order valence-corrected chi connectivity index (χ2v) is 7.78. The standard InChI is InChI=1S/C22H26N2O5/c1-13(2)15-8-6-7-11-18(15)23-19(25)12-29-22(28)14(3)24-20(26)16-9-4-5-10-17(16)21(24)27/h4-8,11,13-14,16-17H,9-10,12H2,1-3H3,(H,23,25)/t14-,16-,17-/m0/s1. The van der Waals surface area contributed by atoms with Crippen molar-refractivity contribution in [3.05, 3.63) is 42.0 Å². The summed E-state index contributed by atoms with van der Waals surface area (Å²) in [4.78, 5) is 50.7. The molecule has 1 saturated heterocycles. The number of anilines is 1. The van der Waals surface area contributed by atoms with Crippen LogP contribution in [-0.4, -0.2) is 41.2 Å². The zero-order valence-electron chi connectivity index (χ0n) is 16.9. The highest BCUT2D eigenvalue weighted by Gasteiger charge is 2.50. The van der Waals surface area contributed by atoms with Crippen LogP contribution in [0, 0.1) is 11.8 Å². The number of rotatable bonds is 6. The number of allylic oxidation sites excluding steroid dienone is 2. The minimum Gasteiger partial charge on any atom is -0.454 e. The number of nitrogens with zero attached hydrogens (tertiary/aromatic N) is 1. The molecule has 7 heteroatoms. The first-order valence-corrected chi connectivity index (χ1v) is 9.88. The fraction of sp³-hybridized carbons (Fsp3) is 0.455. The van der Waals surface area contributed by atoms with Gasteiger partial charge < -0.3 is 10.1 Å². The molecule has 29 heavy (non-hydrogen) atoms. The number of amides is 3. The molecule has 3 rings (SSSR count). The van der Waals surface area contributed by atoms with E-state index in [2.05, 4.69) is 5.32 Å². The molecule has 1 N–H and O–H groups in total. The molecule has 3 amide bonds. The van der Waals surface area contributed by atoms with E-state index in [0.29, 0.717) is 18.5 Å². The number of esters is 1. The van der Waals surface area contributed by atoms with Gasteiger partial charge in [-0.15, -0.1) is 0 Å². The van der Waals surface area contributed by atoms with Gasteiger partial charge in [0.2, 0.25) is 11.8 Å². The highest BCUT2D eigenvalue weighted by Crippen LogP contribution is 2.36. The van der Waals surface area contributed by atoms with Gasteiger partial charge in [0, 0.05) is 5.69 Å². The monoisotopic (exact) mass is 398 g/mol. The van der Waals surface area contributed by atoms with E-state index in [4.69, 9.17) is 4.74 Å². The van der Waals surface area contributed by atoms with Crippen molar-refractivity contribution in [1.29, 1.82) is 0 Å². The Morgan fingerprint density at radius 1 is 1.07 bits per heavy atom. The van der Waals surface area contributed by atoms with Crippen molar-refractivity contribution >= 4 is 29.4 Å². The Morgan fingerprint density at radius 3 is 2.24 bits per heavy atom. The lowest BCUT2D eigenvalue weighted by Crippen LogP contribution is -2.45. The Kier molecular flexibility index (Phi) is 6.15. The molecule has 1 aromatic carbocycles. The number of hydrogen-bond acceptors (Lipinski definition) is 5. The van der Waals surface area contributed by atoms with Crippen LogP contribution in [0.3, 0.4) is 0 Å². The smallest absolute Gasteiger partial charge is 0.329 e. The number of carbonyl (C=O) groups is 4. The van der Waals surface area contributed by atoms with E-state index < -0.39 is 36.4 Å². The lowest BCUT2D eigenvalue weighted by atomic mass is 9.85. The summed E-state index contributed by atoms with van der Waals surface area (Å²) in [5, 5.41) is 2.74. The topological polar surface area (TPSA) is 92.8 Å².